The average Bonchev–Trinajstić information content (AvgIpc) is 2.53. The molecule has 0 saturated carbocycles. The van der Waals surface area contributed by atoms with Gasteiger partial charge in [0.2, 0.25) is 11.8 Å². The van der Waals surface area contributed by atoms with Crippen LogP contribution in [0, 0.1) is 0 Å². The fourth-order valence-electron chi connectivity index (χ4n) is 2.07. The Kier molecular flexibility index (Phi) is 6.07. The number of nitrogens with two attached hydrogens (primary N) is 1. The summed E-state index contributed by atoms with van der Waals surface area (Å²) in [5.41, 5.74) is 5.17. The molecule has 18 heavy (non-hydrogen) atoms. The first-order valence-corrected chi connectivity index (χ1v) is 6.51. The van der Waals surface area contributed by atoms with Crippen LogP contribution in [0.15, 0.2) is 0 Å². The highest BCUT2D eigenvalue weighted by molar-refractivity contribution is 5.85. The third-order valence-corrected chi connectivity index (χ3v) is 3.06. The van der Waals surface area contributed by atoms with E-state index in [1.807, 2.05) is 13.8 Å². The molecule has 0 aromatic heterocycles. The molecular weight excluding hydrogens is 232 g/mol. The number of carbonyl (C=O) groups excluding carboxylic acids is 2. The Bertz CT molecular complexity index is 286. The van der Waals surface area contributed by atoms with Gasteiger partial charge in [-0.3, -0.25) is 14.5 Å². The van der Waals surface area contributed by atoms with E-state index in [-0.39, 0.29) is 18.5 Å². The monoisotopic (exact) mass is 256 g/mol. The fourth-order valence-corrected chi connectivity index (χ4v) is 2.07. The van der Waals surface area contributed by atoms with Gasteiger partial charge in [0.1, 0.15) is 0 Å². The summed E-state index contributed by atoms with van der Waals surface area (Å²) >= 11 is 0. The number of rotatable bonds is 5. The summed E-state index contributed by atoms with van der Waals surface area (Å²) in [7, 11) is 0. The topological polar surface area (TPSA) is 78.7 Å². The highest BCUT2D eigenvalue weighted by Gasteiger charge is 2.21. The zero-order valence-electron chi connectivity index (χ0n) is 11.3. The molecule has 1 aliphatic rings. The van der Waals surface area contributed by atoms with Crippen LogP contribution < -0.4 is 11.1 Å². The van der Waals surface area contributed by atoms with E-state index in [1.165, 1.54) is 0 Å². The number of nitrogens with zero attached hydrogens (tertiary/aromatic N) is 2. The van der Waals surface area contributed by atoms with Gasteiger partial charge in [0.05, 0.1) is 13.1 Å². The second-order valence-corrected chi connectivity index (χ2v) is 4.96. The van der Waals surface area contributed by atoms with Crippen molar-refractivity contribution >= 4 is 11.8 Å². The van der Waals surface area contributed by atoms with Crippen LogP contribution in [0.5, 0.6) is 0 Å². The van der Waals surface area contributed by atoms with Crippen LogP contribution in [-0.2, 0) is 9.59 Å². The molecule has 1 fully saturated rings. The number of primary amides is 1. The summed E-state index contributed by atoms with van der Waals surface area (Å²) in [5.74, 6) is -0.486. The molecule has 0 unspecified atom stereocenters. The van der Waals surface area contributed by atoms with Crippen LogP contribution in [0.4, 0.5) is 0 Å². The Morgan fingerprint density at radius 3 is 2.67 bits per heavy atom. The van der Waals surface area contributed by atoms with Crippen LogP contribution in [0.2, 0.25) is 0 Å². The molecule has 6 heteroatoms. The Balaban J connectivity index is 2.51. The highest BCUT2D eigenvalue weighted by atomic mass is 16.2. The molecule has 0 aliphatic carbocycles. The Hall–Kier alpha value is -1.14. The molecule has 6 nitrogen and oxygen atoms in total. The third kappa shape index (κ3) is 5.01. The molecular formula is C12H24N4O2. The molecule has 0 bridgehead atoms. The number of hydrogen-bond acceptors (Lipinski definition) is 4. The van der Waals surface area contributed by atoms with Gasteiger partial charge in [-0.1, -0.05) is 0 Å². The zero-order chi connectivity index (χ0) is 13.5. The maximum absolute atomic E-state index is 12.2. The van der Waals surface area contributed by atoms with Crippen LogP contribution in [0.1, 0.15) is 20.3 Å². The first kappa shape index (κ1) is 14.9. The van der Waals surface area contributed by atoms with Gasteiger partial charge >= 0.3 is 0 Å². The highest BCUT2D eigenvalue weighted by Crippen LogP contribution is 2.02. The van der Waals surface area contributed by atoms with Gasteiger partial charge in [0, 0.05) is 19.1 Å². The Morgan fingerprint density at radius 2 is 2.06 bits per heavy atom. The lowest BCUT2D eigenvalue weighted by atomic mass is 10.3. The molecule has 0 radical (unpaired) electrons. The Labute approximate surface area is 108 Å². The second kappa shape index (κ2) is 7.33. The minimum absolute atomic E-state index is 0.00257. The number of amides is 2. The van der Waals surface area contributed by atoms with E-state index in [1.54, 1.807) is 4.90 Å². The van der Waals surface area contributed by atoms with Gasteiger partial charge in [0.15, 0.2) is 0 Å². The summed E-state index contributed by atoms with van der Waals surface area (Å²) in [6, 6.07) is -0.00453. The van der Waals surface area contributed by atoms with E-state index in [0.29, 0.717) is 6.54 Å². The summed E-state index contributed by atoms with van der Waals surface area (Å²) < 4.78 is 0. The van der Waals surface area contributed by atoms with Crippen molar-refractivity contribution in [2.75, 3.05) is 39.3 Å². The van der Waals surface area contributed by atoms with E-state index >= 15 is 0 Å². The average molecular weight is 256 g/mol. The molecule has 1 heterocycles. The molecule has 1 rings (SSSR count). The SMILES string of the molecule is CC(C)N(CC(N)=O)C(=O)CN1CCCNCC1. The van der Waals surface area contributed by atoms with E-state index in [2.05, 4.69) is 10.2 Å². The van der Waals surface area contributed by atoms with Crippen molar-refractivity contribution in [1.82, 2.24) is 15.1 Å². The van der Waals surface area contributed by atoms with Gasteiger partial charge in [-0.2, -0.15) is 0 Å². The normalized spacial score (nSPS) is 17.5. The van der Waals surface area contributed by atoms with Crippen molar-refractivity contribution < 1.29 is 9.59 Å². The first-order valence-electron chi connectivity index (χ1n) is 6.51. The number of hydrogen-bond donors (Lipinski definition) is 2. The van der Waals surface area contributed by atoms with E-state index < -0.39 is 5.91 Å². The van der Waals surface area contributed by atoms with Crippen LogP contribution >= 0.6 is 0 Å². The summed E-state index contributed by atoms with van der Waals surface area (Å²) in [5, 5.41) is 3.29. The second-order valence-electron chi connectivity index (χ2n) is 4.96. The standard InChI is InChI=1S/C12H24N4O2/c1-10(2)16(8-11(13)17)12(18)9-15-6-3-4-14-5-7-15/h10,14H,3-9H2,1-2H3,(H2,13,17). The lowest BCUT2D eigenvalue weighted by Gasteiger charge is -2.28. The van der Waals surface area contributed by atoms with Gasteiger partial charge < -0.3 is 16.0 Å². The summed E-state index contributed by atoms with van der Waals surface area (Å²) in [6.45, 7) is 7.85. The number of nitrogens with one attached hydrogen (secondary N) is 1. The molecule has 1 aliphatic heterocycles. The van der Waals surface area contributed by atoms with E-state index in [4.69, 9.17) is 5.73 Å². The van der Waals surface area contributed by atoms with Gasteiger partial charge in [-0.25, -0.2) is 0 Å². The third-order valence-electron chi connectivity index (χ3n) is 3.06. The maximum atomic E-state index is 12.2. The van der Waals surface area contributed by atoms with Crippen molar-refractivity contribution in [1.29, 1.82) is 0 Å². The molecule has 0 atom stereocenters. The smallest absolute Gasteiger partial charge is 0.237 e. The molecule has 2 amide bonds. The molecule has 0 aromatic carbocycles. The molecule has 3 N–H and O–H groups in total. The summed E-state index contributed by atoms with van der Waals surface area (Å²) in [4.78, 5) is 26.8. The van der Waals surface area contributed by atoms with Crippen molar-refractivity contribution in [3.8, 4) is 0 Å². The lowest BCUT2D eigenvalue weighted by Crippen LogP contribution is -2.47. The van der Waals surface area contributed by atoms with E-state index in [0.717, 1.165) is 32.6 Å². The van der Waals surface area contributed by atoms with Crippen LogP contribution in [-0.4, -0.2) is 66.9 Å². The van der Waals surface area contributed by atoms with Crippen molar-refractivity contribution in [2.24, 2.45) is 5.73 Å². The molecule has 1 saturated heterocycles. The van der Waals surface area contributed by atoms with Gasteiger partial charge in [0.25, 0.3) is 0 Å². The van der Waals surface area contributed by atoms with E-state index in [9.17, 15) is 9.59 Å². The predicted octanol–water partition coefficient (Wildman–Crippen LogP) is -0.996. The Morgan fingerprint density at radius 1 is 1.33 bits per heavy atom. The maximum Gasteiger partial charge on any atom is 0.237 e. The first-order chi connectivity index (χ1) is 8.50. The molecule has 0 spiro atoms. The summed E-state index contributed by atoms with van der Waals surface area (Å²) in [6.07, 6.45) is 1.05. The van der Waals surface area contributed by atoms with Gasteiger partial charge in [-0.15, -0.1) is 0 Å². The minimum atomic E-state index is -0.463. The fraction of sp³-hybridized carbons (Fsp3) is 0.833. The quantitative estimate of drug-likeness (QED) is 0.661. The van der Waals surface area contributed by atoms with Crippen LogP contribution in [0.3, 0.4) is 0 Å². The largest absolute Gasteiger partial charge is 0.368 e. The van der Waals surface area contributed by atoms with Gasteiger partial charge in [-0.05, 0) is 33.4 Å². The molecule has 0 aromatic rings. The zero-order valence-corrected chi connectivity index (χ0v) is 11.3. The van der Waals surface area contributed by atoms with Crippen molar-refractivity contribution in [2.45, 2.75) is 26.3 Å². The lowest BCUT2D eigenvalue weighted by molar-refractivity contribution is -0.137. The molecule has 104 valence electrons. The predicted molar refractivity (Wildman–Crippen MR) is 70.0 cm³/mol. The van der Waals surface area contributed by atoms with Crippen LogP contribution in [0.25, 0.3) is 0 Å². The van der Waals surface area contributed by atoms with Crippen molar-refractivity contribution in [3.05, 3.63) is 0 Å². The number of carbonyl (C=O) groups is 2. The van der Waals surface area contributed by atoms with Crippen molar-refractivity contribution in [3.63, 3.8) is 0 Å². The minimum Gasteiger partial charge on any atom is -0.368 e.